The minimum Gasteiger partial charge on any atom is -0.455 e. The highest BCUT2D eigenvalue weighted by molar-refractivity contribution is 9.11. The van der Waals surface area contributed by atoms with Crippen LogP contribution in [0, 0.1) is 62.3 Å². The summed E-state index contributed by atoms with van der Waals surface area (Å²) in [5.74, 6) is 5.31. The molecule has 3 heterocycles. The predicted octanol–water partition coefficient (Wildman–Crippen LogP) is 21.3. The van der Waals surface area contributed by atoms with Crippen LogP contribution in [0.5, 0.6) is 34.5 Å². The molecular weight excluding hydrogens is 1310 g/mol. The molecule has 0 aliphatic heterocycles. The minimum absolute atomic E-state index is 0.341. The molecule has 12 nitrogen and oxygen atoms in total. The Labute approximate surface area is 525 Å². The molecule has 1 amide bonds. The van der Waals surface area contributed by atoms with E-state index in [0.717, 1.165) is 65.5 Å². The second-order valence-electron chi connectivity index (χ2n) is 20.7. The molecule has 18 heteroatoms. The van der Waals surface area contributed by atoms with Gasteiger partial charge in [-0.15, -0.1) is 0 Å². The Balaban J connectivity index is 0.000000181. The molecule has 0 saturated heterocycles. The highest BCUT2D eigenvalue weighted by Crippen LogP contribution is 2.40. The lowest BCUT2D eigenvalue weighted by Crippen LogP contribution is -2.34. The highest BCUT2D eigenvalue weighted by Gasteiger charge is 2.27. The Morgan fingerprint density at radius 1 is 0.554 bits per heavy atom. The Morgan fingerprint density at radius 2 is 0.952 bits per heavy atom. The number of ether oxygens (including phenoxy) is 4. The summed E-state index contributed by atoms with van der Waals surface area (Å²) in [4.78, 5) is 27.8. The molecule has 0 saturated carbocycles. The SMILES string of the molecule is Cc1cc(C)c(Oc2cc(=Nc3ccc(Cl)cc3)n(O)cc2Br)c(C)c1.Cc1cc(C)c(Oc2cc(N(C(=O)OC(C)(C)C)c3ccc(Cl)cc3)ncc2Br)c(C)c1.Cc1cc(C)c(Oc2cc(Nc3ccc(Cl)cc3)ncc2Br)c(C)c1. The number of hydrogen-bond acceptors (Lipinski definition) is 10. The van der Waals surface area contributed by atoms with Crippen molar-refractivity contribution < 1.29 is 28.9 Å². The monoisotopic (exact) mass is 1360 g/mol. The number of amides is 1. The summed E-state index contributed by atoms with van der Waals surface area (Å²) in [6.07, 6.45) is 4.29. The fraction of sp³-hybridized carbons (Fsp3) is 0.200. The van der Waals surface area contributed by atoms with Gasteiger partial charge in [-0.1, -0.05) is 87.9 Å². The van der Waals surface area contributed by atoms with E-state index in [2.05, 4.69) is 139 Å². The van der Waals surface area contributed by atoms with Crippen molar-refractivity contribution in [2.45, 2.75) is 88.7 Å². The van der Waals surface area contributed by atoms with Crippen LogP contribution in [0.25, 0.3) is 0 Å². The van der Waals surface area contributed by atoms with E-state index in [1.165, 1.54) is 27.8 Å². The van der Waals surface area contributed by atoms with E-state index in [9.17, 15) is 10.0 Å². The number of nitrogens with zero attached hydrogens (tertiary/aromatic N) is 5. The number of nitrogens with one attached hydrogen (secondary N) is 1. The number of benzene rings is 6. The molecule has 0 radical (unpaired) electrons. The van der Waals surface area contributed by atoms with E-state index in [1.54, 1.807) is 73.1 Å². The normalized spacial score (nSPS) is 11.2. The third-order valence-corrected chi connectivity index (χ3v) is 14.7. The number of aryl methyl sites for hydroxylation is 9. The van der Waals surface area contributed by atoms with E-state index in [4.69, 9.17) is 53.8 Å². The van der Waals surface area contributed by atoms with Crippen LogP contribution in [0.1, 0.15) is 70.8 Å². The molecule has 2 N–H and O–H groups in total. The van der Waals surface area contributed by atoms with E-state index < -0.39 is 11.7 Å². The molecule has 430 valence electrons. The van der Waals surface area contributed by atoms with Crippen LogP contribution < -0.4 is 29.9 Å². The molecule has 0 atom stereocenters. The number of carbonyl (C=O) groups excluding carboxylic acids is 1. The van der Waals surface area contributed by atoms with E-state index in [0.29, 0.717) is 69.8 Å². The molecule has 0 unspecified atom stereocenters. The van der Waals surface area contributed by atoms with Crippen molar-refractivity contribution in [3.63, 3.8) is 0 Å². The Hall–Kier alpha value is -6.85. The number of anilines is 4. The first kappa shape index (κ1) is 63.7. The summed E-state index contributed by atoms with van der Waals surface area (Å²) in [5.41, 5.74) is 11.8. The van der Waals surface area contributed by atoms with Crippen molar-refractivity contribution in [1.29, 1.82) is 0 Å². The quantitative estimate of drug-likeness (QED) is 0.121. The second-order valence-corrected chi connectivity index (χ2v) is 24.5. The maximum Gasteiger partial charge on any atom is 0.420 e. The molecule has 9 rings (SSSR count). The lowest BCUT2D eigenvalue weighted by Gasteiger charge is -2.27. The second kappa shape index (κ2) is 28.2. The number of aromatic nitrogens is 3. The number of halogens is 6. The highest BCUT2D eigenvalue weighted by atomic mass is 79.9. The zero-order chi connectivity index (χ0) is 60.4. The molecule has 6 aromatic carbocycles. The average molecular weight is 1370 g/mol. The summed E-state index contributed by atoms with van der Waals surface area (Å²) < 4.78 is 27.2. The summed E-state index contributed by atoms with van der Waals surface area (Å²) in [5, 5.41) is 15.3. The van der Waals surface area contributed by atoms with Gasteiger partial charge in [0.2, 0.25) is 0 Å². The van der Waals surface area contributed by atoms with Crippen LogP contribution in [0.4, 0.5) is 33.5 Å². The molecular formula is C65H62Br3Cl3N6O6. The molecule has 3 aromatic heterocycles. The van der Waals surface area contributed by atoms with Crippen molar-refractivity contribution in [2.24, 2.45) is 4.99 Å². The van der Waals surface area contributed by atoms with Crippen LogP contribution in [0.3, 0.4) is 0 Å². The number of carbonyl (C=O) groups is 1. The molecule has 0 spiro atoms. The maximum absolute atomic E-state index is 13.1. The zero-order valence-electron chi connectivity index (χ0n) is 47.8. The molecule has 0 aliphatic carbocycles. The first-order chi connectivity index (χ1) is 39.2. The van der Waals surface area contributed by atoms with Gasteiger partial charge in [-0.3, -0.25) is 0 Å². The van der Waals surface area contributed by atoms with E-state index >= 15 is 0 Å². The van der Waals surface area contributed by atoms with E-state index in [1.807, 2.05) is 78.8 Å². The third-order valence-electron chi connectivity index (χ3n) is 12.1. The first-order valence-corrected chi connectivity index (χ1v) is 29.5. The molecule has 0 aliphatic rings. The van der Waals surface area contributed by atoms with Crippen LogP contribution >= 0.6 is 82.6 Å². The van der Waals surface area contributed by atoms with Crippen molar-refractivity contribution in [3.05, 3.63) is 230 Å². The summed E-state index contributed by atoms with van der Waals surface area (Å²) in [6.45, 7) is 23.8. The van der Waals surface area contributed by atoms with Crippen molar-refractivity contribution >= 4 is 117 Å². The van der Waals surface area contributed by atoms with E-state index in [-0.39, 0.29) is 0 Å². The zero-order valence-corrected chi connectivity index (χ0v) is 54.9. The van der Waals surface area contributed by atoms with Crippen LogP contribution in [0.2, 0.25) is 15.1 Å². The lowest BCUT2D eigenvalue weighted by atomic mass is 10.1. The largest absolute Gasteiger partial charge is 0.455 e. The van der Waals surface area contributed by atoms with Gasteiger partial charge in [-0.05, 0) is 237 Å². The number of hydrogen-bond donors (Lipinski definition) is 2. The van der Waals surface area contributed by atoms with Gasteiger partial charge >= 0.3 is 6.09 Å². The van der Waals surface area contributed by atoms with Gasteiger partial charge in [0.1, 0.15) is 51.7 Å². The Morgan fingerprint density at radius 3 is 1.40 bits per heavy atom. The van der Waals surface area contributed by atoms with Crippen LogP contribution in [0.15, 0.2) is 164 Å². The lowest BCUT2D eigenvalue weighted by molar-refractivity contribution is 0.0598. The summed E-state index contributed by atoms with van der Waals surface area (Å²) >= 11 is 28.3. The standard InChI is InChI=1S/C25H26BrClN2O3.C20H18BrClN2O2.C20H18BrClN2O/c1-15-11-16(2)23(17(3)12-15)31-21-13-22(28-14-20(21)26)29(24(30)32-25(4,5)6)19-9-7-18(27)8-10-19;1-12-8-13(2)20(14(3)9-12)26-18-10-19(24(25)11-17(18)21)23-16-6-4-15(22)5-7-16;1-12-8-13(2)20(14(3)9-12)25-18-10-19(23-11-17(18)21)24-16-6-4-15(22)5-7-16/h7-14H,1-6H3;4-11,25H,1-3H3;4-11H,1-3H3,(H,23,24). The fourth-order valence-electron chi connectivity index (χ4n) is 8.70. The molecule has 0 fully saturated rings. The van der Waals surface area contributed by atoms with Crippen molar-refractivity contribution in [3.8, 4) is 34.5 Å². The molecule has 83 heavy (non-hydrogen) atoms. The van der Waals surface area contributed by atoms with Crippen LogP contribution in [-0.2, 0) is 4.74 Å². The summed E-state index contributed by atoms with van der Waals surface area (Å²) in [7, 11) is 0. The average Bonchev–Trinajstić information content (AvgIpc) is 3.52. The Kier molecular flexibility index (Phi) is 21.6. The van der Waals surface area contributed by atoms with Crippen molar-refractivity contribution in [1.82, 2.24) is 14.7 Å². The van der Waals surface area contributed by atoms with Gasteiger partial charge in [-0.25, -0.2) is 24.7 Å². The number of pyridine rings is 3. The molecule has 9 aromatic rings. The van der Waals surface area contributed by atoms with Gasteiger partial charge in [0, 0.05) is 51.3 Å². The smallest absolute Gasteiger partial charge is 0.420 e. The van der Waals surface area contributed by atoms with Gasteiger partial charge < -0.3 is 29.5 Å². The Bertz CT molecular complexity index is 3810. The predicted molar refractivity (Wildman–Crippen MR) is 347 cm³/mol. The van der Waals surface area contributed by atoms with Gasteiger partial charge in [0.05, 0.1) is 31.0 Å². The number of rotatable bonds is 11. The van der Waals surface area contributed by atoms with Crippen molar-refractivity contribution in [2.75, 3.05) is 10.2 Å². The summed E-state index contributed by atoms with van der Waals surface area (Å²) in [6, 6.07) is 39.2. The van der Waals surface area contributed by atoms with Crippen LogP contribution in [-0.4, -0.2) is 31.6 Å². The van der Waals surface area contributed by atoms with Gasteiger partial charge in [-0.2, -0.15) is 4.73 Å². The maximum atomic E-state index is 13.1. The van der Waals surface area contributed by atoms with Gasteiger partial charge in [0.15, 0.2) is 5.49 Å². The fourth-order valence-corrected chi connectivity index (χ4v) is 10.1. The molecule has 0 bridgehead atoms. The topological polar surface area (TPSA) is 133 Å². The third kappa shape index (κ3) is 17.8. The minimum atomic E-state index is -0.674. The first-order valence-electron chi connectivity index (χ1n) is 26.0. The van der Waals surface area contributed by atoms with Gasteiger partial charge in [0.25, 0.3) is 0 Å².